The van der Waals surface area contributed by atoms with Crippen LogP contribution in [0.15, 0.2) is 12.4 Å². The zero-order chi connectivity index (χ0) is 11.7. The molecular weight excluding hydrogens is 224 g/mol. The fourth-order valence-electron chi connectivity index (χ4n) is 2.02. The van der Waals surface area contributed by atoms with E-state index in [9.17, 15) is 5.11 Å². The molecule has 0 atom stereocenters. The molecule has 86 valence electrons. The summed E-state index contributed by atoms with van der Waals surface area (Å²) in [6.45, 7) is 4.76. The number of imidazole rings is 1. The van der Waals surface area contributed by atoms with Crippen LogP contribution in [0.4, 0.5) is 0 Å². The fraction of sp³-hybridized carbons (Fsp3) is 0.417. The van der Waals surface area contributed by atoms with Crippen molar-refractivity contribution in [3.63, 3.8) is 0 Å². The molecule has 0 aliphatic rings. The molecule has 0 saturated heterocycles. The molecule has 1 aromatic carbocycles. The molecule has 0 aliphatic heterocycles. The van der Waals surface area contributed by atoms with Crippen LogP contribution in [-0.4, -0.2) is 20.5 Å². The maximum Gasteiger partial charge on any atom is 0.146 e. The Bertz CT molecular complexity index is 519. The van der Waals surface area contributed by atoms with Gasteiger partial charge in [0.15, 0.2) is 0 Å². The number of aromatic hydroxyl groups is 1. The first-order chi connectivity index (χ1) is 7.65. The maximum absolute atomic E-state index is 9.92. The normalized spacial score (nSPS) is 11.2. The van der Waals surface area contributed by atoms with Gasteiger partial charge in [-0.1, -0.05) is 6.07 Å². The first-order valence-electron chi connectivity index (χ1n) is 5.35. The number of rotatable bonds is 3. The number of hydrogen-bond acceptors (Lipinski definition) is 2. The Hall–Kier alpha value is -1.22. The fourth-order valence-corrected chi connectivity index (χ4v) is 2.14. The summed E-state index contributed by atoms with van der Waals surface area (Å²) in [5.41, 5.74) is 3.70. The van der Waals surface area contributed by atoms with Gasteiger partial charge in [0.25, 0.3) is 0 Å². The van der Waals surface area contributed by atoms with Crippen molar-refractivity contribution in [2.45, 2.75) is 26.8 Å². The smallest absolute Gasteiger partial charge is 0.146 e. The summed E-state index contributed by atoms with van der Waals surface area (Å²) >= 11 is 5.68. The van der Waals surface area contributed by atoms with Crippen molar-refractivity contribution in [1.82, 2.24) is 9.55 Å². The molecule has 16 heavy (non-hydrogen) atoms. The van der Waals surface area contributed by atoms with Crippen LogP contribution in [0.3, 0.4) is 0 Å². The van der Waals surface area contributed by atoms with E-state index in [0.29, 0.717) is 11.4 Å². The van der Waals surface area contributed by atoms with Gasteiger partial charge in [-0.2, -0.15) is 0 Å². The van der Waals surface area contributed by atoms with Crippen molar-refractivity contribution < 1.29 is 5.11 Å². The van der Waals surface area contributed by atoms with Gasteiger partial charge in [-0.15, -0.1) is 11.6 Å². The van der Waals surface area contributed by atoms with E-state index in [-0.39, 0.29) is 5.75 Å². The van der Waals surface area contributed by atoms with Gasteiger partial charge < -0.3 is 9.67 Å². The average Bonchev–Trinajstić information content (AvgIpc) is 2.67. The Balaban J connectivity index is 2.58. The van der Waals surface area contributed by atoms with Crippen LogP contribution in [0.2, 0.25) is 0 Å². The van der Waals surface area contributed by atoms with Crippen LogP contribution >= 0.6 is 11.6 Å². The first kappa shape index (κ1) is 11.3. The molecule has 0 bridgehead atoms. The van der Waals surface area contributed by atoms with Crippen LogP contribution in [-0.2, 0) is 6.54 Å². The lowest BCUT2D eigenvalue weighted by Crippen LogP contribution is -1.98. The number of nitrogens with zero attached hydrogens (tertiary/aromatic N) is 2. The van der Waals surface area contributed by atoms with E-state index in [1.807, 2.05) is 24.5 Å². The Kier molecular flexibility index (Phi) is 3.06. The number of phenols is 1. The molecule has 0 saturated carbocycles. The number of fused-ring (bicyclic) bond motifs is 1. The number of aryl methyl sites for hydroxylation is 3. The Morgan fingerprint density at radius 3 is 2.81 bits per heavy atom. The van der Waals surface area contributed by atoms with E-state index in [2.05, 4.69) is 4.98 Å². The standard InChI is InChI=1S/C12H15ClN2O/c1-8-6-9(2)12(16)10-11(8)15(7-14-10)5-3-4-13/h6-7,16H,3-5H2,1-2H3. The molecule has 2 aromatic rings. The summed E-state index contributed by atoms with van der Waals surface area (Å²) in [7, 11) is 0. The van der Waals surface area contributed by atoms with E-state index < -0.39 is 0 Å². The highest BCUT2D eigenvalue weighted by molar-refractivity contribution is 6.17. The Morgan fingerprint density at radius 1 is 1.38 bits per heavy atom. The van der Waals surface area contributed by atoms with E-state index in [0.717, 1.165) is 29.6 Å². The topological polar surface area (TPSA) is 38.0 Å². The zero-order valence-electron chi connectivity index (χ0n) is 9.50. The van der Waals surface area contributed by atoms with E-state index in [1.54, 1.807) is 6.33 Å². The van der Waals surface area contributed by atoms with Crippen molar-refractivity contribution in [2.24, 2.45) is 0 Å². The third kappa shape index (κ3) is 1.76. The molecule has 0 aliphatic carbocycles. The third-order valence-corrected chi connectivity index (χ3v) is 3.04. The maximum atomic E-state index is 9.92. The molecule has 0 unspecified atom stereocenters. The van der Waals surface area contributed by atoms with E-state index >= 15 is 0 Å². The molecule has 1 aromatic heterocycles. The summed E-state index contributed by atoms with van der Waals surface area (Å²) in [4.78, 5) is 4.26. The van der Waals surface area contributed by atoms with Crippen molar-refractivity contribution in [3.05, 3.63) is 23.5 Å². The lowest BCUT2D eigenvalue weighted by Gasteiger charge is -2.07. The van der Waals surface area contributed by atoms with Crippen molar-refractivity contribution in [2.75, 3.05) is 5.88 Å². The molecule has 2 rings (SSSR count). The molecule has 0 spiro atoms. The number of alkyl halides is 1. The number of benzene rings is 1. The number of halogens is 1. The second kappa shape index (κ2) is 4.34. The van der Waals surface area contributed by atoms with Crippen LogP contribution < -0.4 is 0 Å². The van der Waals surface area contributed by atoms with Gasteiger partial charge >= 0.3 is 0 Å². The highest BCUT2D eigenvalue weighted by Gasteiger charge is 2.11. The molecule has 4 heteroatoms. The predicted octanol–water partition coefficient (Wildman–Crippen LogP) is 2.99. The van der Waals surface area contributed by atoms with Gasteiger partial charge in [0, 0.05) is 12.4 Å². The van der Waals surface area contributed by atoms with Crippen molar-refractivity contribution in [1.29, 1.82) is 0 Å². The van der Waals surface area contributed by atoms with Crippen molar-refractivity contribution in [3.8, 4) is 5.75 Å². The van der Waals surface area contributed by atoms with Gasteiger partial charge in [0.05, 0.1) is 11.8 Å². The van der Waals surface area contributed by atoms with Crippen LogP contribution in [0.5, 0.6) is 5.75 Å². The predicted molar refractivity (Wildman–Crippen MR) is 66.2 cm³/mol. The molecule has 0 radical (unpaired) electrons. The second-order valence-electron chi connectivity index (χ2n) is 4.04. The molecule has 3 nitrogen and oxygen atoms in total. The molecule has 0 fully saturated rings. The summed E-state index contributed by atoms with van der Waals surface area (Å²) in [5.74, 6) is 0.918. The SMILES string of the molecule is Cc1cc(C)c2c(ncn2CCCCl)c1O. The molecule has 1 N–H and O–H groups in total. The van der Waals surface area contributed by atoms with Crippen LogP contribution in [0.1, 0.15) is 17.5 Å². The second-order valence-corrected chi connectivity index (χ2v) is 4.41. The molecular formula is C12H15ClN2O. The van der Waals surface area contributed by atoms with E-state index in [1.165, 1.54) is 0 Å². The minimum atomic E-state index is 0.283. The zero-order valence-corrected chi connectivity index (χ0v) is 10.3. The highest BCUT2D eigenvalue weighted by atomic mass is 35.5. The third-order valence-electron chi connectivity index (χ3n) is 2.77. The van der Waals surface area contributed by atoms with Gasteiger partial charge in [0.2, 0.25) is 0 Å². The lowest BCUT2D eigenvalue weighted by molar-refractivity contribution is 0.476. The van der Waals surface area contributed by atoms with Gasteiger partial charge in [-0.05, 0) is 31.4 Å². The van der Waals surface area contributed by atoms with Gasteiger partial charge in [-0.25, -0.2) is 4.98 Å². The largest absolute Gasteiger partial charge is 0.505 e. The summed E-state index contributed by atoms with van der Waals surface area (Å²) in [6, 6.07) is 1.98. The summed E-state index contributed by atoms with van der Waals surface area (Å²) in [6.07, 6.45) is 2.67. The first-order valence-corrected chi connectivity index (χ1v) is 5.88. The number of phenolic OH excluding ortho intramolecular Hbond substituents is 1. The number of aromatic nitrogens is 2. The summed E-state index contributed by atoms with van der Waals surface area (Å²) < 4.78 is 2.05. The van der Waals surface area contributed by atoms with Crippen molar-refractivity contribution >= 4 is 22.6 Å². The van der Waals surface area contributed by atoms with E-state index in [4.69, 9.17) is 11.6 Å². The monoisotopic (exact) mass is 238 g/mol. The Morgan fingerprint density at radius 2 is 2.12 bits per heavy atom. The van der Waals surface area contributed by atoms with Crippen LogP contribution in [0.25, 0.3) is 11.0 Å². The lowest BCUT2D eigenvalue weighted by atomic mass is 10.1. The van der Waals surface area contributed by atoms with Crippen LogP contribution in [0, 0.1) is 13.8 Å². The molecule has 1 heterocycles. The summed E-state index contributed by atoms with van der Waals surface area (Å²) in [5, 5.41) is 9.92. The quantitative estimate of drug-likeness (QED) is 0.835. The Labute approximate surface area is 99.7 Å². The van der Waals surface area contributed by atoms with Gasteiger partial charge in [0.1, 0.15) is 11.3 Å². The minimum absolute atomic E-state index is 0.283. The molecule has 0 amide bonds. The number of hydrogen-bond donors (Lipinski definition) is 1. The highest BCUT2D eigenvalue weighted by Crippen LogP contribution is 2.29. The average molecular weight is 239 g/mol. The van der Waals surface area contributed by atoms with Gasteiger partial charge in [-0.3, -0.25) is 0 Å². The minimum Gasteiger partial charge on any atom is -0.505 e.